The SMILES string of the molecule is CCOC(=O)[C@@H]1[C@@H]2CCC3(S2)C(C(=O)Nc2ccc(OC)cc2)N([C@@H](CO)C(C)C)C(=O)[C@H]13. The zero-order chi connectivity index (χ0) is 23.9. The predicted octanol–water partition coefficient (Wildman–Crippen LogP) is 2.30. The van der Waals surface area contributed by atoms with Gasteiger partial charge in [-0.3, -0.25) is 14.4 Å². The van der Waals surface area contributed by atoms with E-state index in [9.17, 15) is 19.5 Å². The minimum atomic E-state index is -0.786. The summed E-state index contributed by atoms with van der Waals surface area (Å²) in [6, 6.07) is 5.70. The lowest BCUT2D eigenvalue weighted by Gasteiger charge is -2.38. The average molecular weight is 477 g/mol. The second kappa shape index (κ2) is 9.18. The van der Waals surface area contributed by atoms with Gasteiger partial charge in [0.2, 0.25) is 11.8 Å². The number of thioether (sulfide) groups is 1. The second-order valence-corrected chi connectivity index (χ2v) is 10.9. The molecule has 0 radical (unpaired) electrons. The van der Waals surface area contributed by atoms with Crippen LogP contribution < -0.4 is 10.1 Å². The molecule has 0 aliphatic carbocycles. The molecule has 2 unspecified atom stereocenters. The molecule has 9 heteroatoms. The van der Waals surface area contributed by atoms with Crippen LogP contribution in [0.5, 0.6) is 5.75 Å². The number of likely N-dealkylation sites (tertiary alicyclic amines) is 1. The highest BCUT2D eigenvalue weighted by molar-refractivity contribution is 8.02. The van der Waals surface area contributed by atoms with Crippen molar-refractivity contribution in [3.05, 3.63) is 24.3 Å². The summed E-state index contributed by atoms with van der Waals surface area (Å²) in [5, 5.41) is 13.1. The fourth-order valence-corrected chi connectivity index (χ4v) is 7.95. The number of esters is 1. The van der Waals surface area contributed by atoms with Crippen LogP contribution in [0.15, 0.2) is 24.3 Å². The van der Waals surface area contributed by atoms with E-state index in [0.717, 1.165) is 6.42 Å². The number of rotatable bonds is 8. The molecule has 6 atom stereocenters. The number of aliphatic hydroxyl groups excluding tert-OH is 1. The standard InChI is InChI=1S/C24H32N2O6S/c1-5-32-23(30)18-17-10-11-24(33-17)19(18)22(29)26(16(12-27)13(2)3)20(24)21(28)25-14-6-8-15(31-4)9-7-14/h6-9,13,16-20,27H,5,10-12H2,1-4H3,(H,25,28)/t16-,17-,18+,19-,20?,24?/m0/s1. The number of hydrogen-bond donors (Lipinski definition) is 2. The highest BCUT2D eigenvalue weighted by Gasteiger charge is 2.74. The first-order valence-electron chi connectivity index (χ1n) is 11.5. The van der Waals surface area contributed by atoms with Gasteiger partial charge in [-0.1, -0.05) is 13.8 Å². The summed E-state index contributed by atoms with van der Waals surface area (Å²) < 4.78 is 9.81. The van der Waals surface area contributed by atoms with Crippen molar-refractivity contribution in [3.63, 3.8) is 0 Å². The number of carbonyl (C=O) groups is 3. The molecule has 3 saturated heterocycles. The van der Waals surface area contributed by atoms with Gasteiger partial charge in [-0.15, -0.1) is 11.8 Å². The number of benzene rings is 1. The summed E-state index contributed by atoms with van der Waals surface area (Å²) in [5.74, 6) is -1.47. The summed E-state index contributed by atoms with van der Waals surface area (Å²) >= 11 is 1.59. The van der Waals surface area contributed by atoms with Crippen LogP contribution >= 0.6 is 11.8 Å². The molecule has 33 heavy (non-hydrogen) atoms. The fraction of sp³-hybridized carbons (Fsp3) is 0.625. The number of ether oxygens (including phenoxy) is 2. The molecule has 1 aromatic carbocycles. The molecule has 2 amide bonds. The van der Waals surface area contributed by atoms with Crippen LogP contribution in [0.3, 0.4) is 0 Å². The Kier molecular flexibility index (Phi) is 6.64. The third-order valence-electron chi connectivity index (χ3n) is 7.22. The molecule has 0 aromatic heterocycles. The highest BCUT2D eigenvalue weighted by atomic mass is 32.2. The van der Waals surface area contributed by atoms with Gasteiger partial charge in [0.25, 0.3) is 0 Å². The lowest BCUT2D eigenvalue weighted by atomic mass is 9.71. The number of methoxy groups -OCH3 is 1. The zero-order valence-corrected chi connectivity index (χ0v) is 20.3. The van der Waals surface area contributed by atoms with Crippen molar-refractivity contribution in [2.45, 2.75) is 55.7 Å². The summed E-state index contributed by atoms with van der Waals surface area (Å²) in [4.78, 5) is 42.0. The number of carbonyl (C=O) groups excluding carboxylic acids is 3. The van der Waals surface area contributed by atoms with E-state index < -0.39 is 28.7 Å². The monoisotopic (exact) mass is 476 g/mol. The van der Waals surface area contributed by atoms with Crippen LogP contribution in [0.4, 0.5) is 5.69 Å². The number of anilines is 1. The maximum atomic E-state index is 13.8. The maximum Gasteiger partial charge on any atom is 0.310 e. The van der Waals surface area contributed by atoms with E-state index in [1.54, 1.807) is 55.0 Å². The number of aliphatic hydroxyl groups is 1. The first kappa shape index (κ1) is 23.9. The molecule has 3 aliphatic heterocycles. The van der Waals surface area contributed by atoms with Crippen molar-refractivity contribution in [1.82, 2.24) is 4.90 Å². The van der Waals surface area contributed by atoms with E-state index in [1.807, 2.05) is 13.8 Å². The van der Waals surface area contributed by atoms with E-state index >= 15 is 0 Å². The van der Waals surface area contributed by atoms with E-state index in [4.69, 9.17) is 9.47 Å². The molecule has 8 nitrogen and oxygen atoms in total. The quantitative estimate of drug-likeness (QED) is 0.555. The van der Waals surface area contributed by atoms with Gasteiger partial charge in [-0.25, -0.2) is 0 Å². The van der Waals surface area contributed by atoms with Gasteiger partial charge >= 0.3 is 5.97 Å². The lowest BCUT2D eigenvalue weighted by Crippen LogP contribution is -2.56. The third kappa shape index (κ3) is 3.79. The Morgan fingerprint density at radius 2 is 2.00 bits per heavy atom. The van der Waals surface area contributed by atoms with Crippen molar-refractivity contribution >= 4 is 35.2 Å². The van der Waals surface area contributed by atoms with Crippen molar-refractivity contribution in [2.24, 2.45) is 17.8 Å². The van der Waals surface area contributed by atoms with Gasteiger partial charge < -0.3 is 24.8 Å². The van der Waals surface area contributed by atoms with Crippen LogP contribution in [0, 0.1) is 17.8 Å². The van der Waals surface area contributed by atoms with E-state index in [-0.39, 0.29) is 42.2 Å². The van der Waals surface area contributed by atoms with Crippen LogP contribution in [-0.4, -0.2) is 70.2 Å². The van der Waals surface area contributed by atoms with E-state index in [0.29, 0.717) is 17.9 Å². The molecule has 3 fully saturated rings. The fourth-order valence-electron chi connectivity index (χ4n) is 5.76. The molecule has 3 aliphatic rings. The largest absolute Gasteiger partial charge is 0.497 e. The normalized spacial score (nSPS) is 31.0. The number of nitrogens with one attached hydrogen (secondary N) is 1. The minimum absolute atomic E-state index is 0.0388. The summed E-state index contributed by atoms with van der Waals surface area (Å²) in [6.07, 6.45) is 1.42. The first-order chi connectivity index (χ1) is 15.8. The van der Waals surface area contributed by atoms with Crippen LogP contribution in [-0.2, 0) is 19.1 Å². The van der Waals surface area contributed by atoms with Crippen molar-refractivity contribution in [3.8, 4) is 5.75 Å². The first-order valence-corrected chi connectivity index (χ1v) is 12.4. The molecule has 2 N–H and O–H groups in total. The summed E-state index contributed by atoms with van der Waals surface area (Å²) in [6.45, 7) is 5.59. The number of nitrogens with zero attached hydrogens (tertiary/aromatic N) is 1. The van der Waals surface area contributed by atoms with Gasteiger partial charge in [-0.2, -0.15) is 0 Å². The smallest absolute Gasteiger partial charge is 0.310 e. The predicted molar refractivity (Wildman–Crippen MR) is 125 cm³/mol. The number of amides is 2. The Bertz CT molecular complexity index is 922. The van der Waals surface area contributed by atoms with Crippen LogP contribution in [0.2, 0.25) is 0 Å². The molecule has 1 spiro atoms. The molecule has 0 saturated carbocycles. The molecule has 4 rings (SSSR count). The van der Waals surface area contributed by atoms with Gasteiger partial charge in [0, 0.05) is 10.9 Å². The Hall–Kier alpha value is -2.26. The van der Waals surface area contributed by atoms with Gasteiger partial charge in [-0.05, 0) is 49.9 Å². The topological polar surface area (TPSA) is 105 Å². The molecular weight excluding hydrogens is 444 g/mol. The van der Waals surface area contributed by atoms with Gasteiger partial charge in [0.15, 0.2) is 0 Å². The lowest BCUT2D eigenvalue weighted by molar-refractivity contribution is -0.154. The maximum absolute atomic E-state index is 13.8. The van der Waals surface area contributed by atoms with Gasteiger partial charge in [0.05, 0.1) is 42.9 Å². The van der Waals surface area contributed by atoms with Crippen molar-refractivity contribution in [1.29, 1.82) is 0 Å². The van der Waals surface area contributed by atoms with Crippen LogP contribution in [0.1, 0.15) is 33.6 Å². The molecule has 3 heterocycles. The molecule has 2 bridgehead atoms. The van der Waals surface area contributed by atoms with Gasteiger partial charge in [0.1, 0.15) is 11.8 Å². The van der Waals surface area contributed by atoms with E-state index in [2.05, 4.69) is 5.32 Å². The number of hydrogen-bond acceptors (Lipinski definition) is 7. The Labute approximate surface area is 198 Å². The Morgan fingerprint density at radius 1 is 1.30 bits per heavy atom. The van der Waals surface area contributed by atoms with Crippen molar-refractivity contribution < 1.29 is 29.0 Å². The van der Waals surface area contributed by atoms with Crippen LogP contribution in [0.25, 0.3) is 0 Å². The Balaban J connectivity index is 1.72. The summed E-state index contributed by atoms with van der Waals surface area (Å²) in [7, 11) is 1.57. The molecular formula is C24H32N2O6S. The minimum Gasteiger partial charge on any atom is -0.497 e. The third-order valence-corrected chi connectivity index (χ3v) is 9.17. The second-order valence-electron chi connectivity index (χ2n) is 9.27. The van der Waals surface area contributed by atoms with Crippen molar-refractivity contribution in [2.75, 3.05) is 25.6 Å². The van der Waals surface area contributed by atoms with E-state index in [1.165, 1.54) is 0 Å². The summed E-state index contributed by atoms with van der Waals surface area (Å²) in [5.41, 5.74) is 0.595. The number of fused-ring (bicyclic) bond motifs is 1. The molecule has 1 aromatic rings. The Morgan fingerprint density at radius 3 is 2.58 bits per heavy atom. The highest BCUT2D eigenvalue weighted by Crippen LogP contribution is 2.67. The average Bonchev–Trinajstić information content (AvgIpc) is 3.42. The molecule has 180 valence electrons. The zero-order valence-electron chi connectivity index (χ0n) is 19.4.